The van der Waals surface area contributed by atoms with Gasteiger partial charge >= 0.3 is 6.18 Å². The maximum Gasteiger partial charge on any atom is 0.416 e. The van der Waals surface area contributed by atoms with Crippen LogP contribution >= 0.6 is 0 Å². The van der Waals surface area contributed by atoms with E-state index in [2.05, 4.69) is 10.3 Å². The fourth-order valence-electron chi connectivity index (χ4n) is 3.19. The minimum atomic E-state index is -4.39. The van der Waals surface area contributed by atoms with Gasteiger partial charge in [0.05, 0.1) is 11.3 Å². The summed E-state index contributed by atoms with van der Waals surface area (Å²) in [6, 6.07) is 14.8. The van der Waals surface area contributed by atoms with E-state index in [0.717, 1.165) is 17.7 Å². The van der Waals surface area contributed by atoms with Crippen molar-refractivity contribution >= 4 is 17.2 Å². The predicted octanol–water partition coefficient (Wildman–Crippen LogP) is 6.01. The third-order valence-corrected chi connectivity index (χ3v) is 4.69. The summed E-state index contributed by atoms with van der Waals surface area (Å²) in [7, 11) is 0. The average molecular weight is 425 g/mol. The SMILES string of the molecule is Cc1ccc2nc(C)c(C(=O)Nc3ccc(Oc4ccc(C(F)(F)F)cc4)cc3)n2c1. The summed E-state index contributed by atoms with van der Waals surface area (Å²) in [5.74, 6) is 0.410. The molecule has 0 saturated heterocycles. The van der Waals surface area contributed by atoms with Crippen LogP contribution in [0.25, 0.3) is 5.65 Å². The first kappa shape index (κ1) is 20.5. The molecule has 5 nitrogen and oxygen atoms in total. The fraction of sp³-hybridized carbons (Fsp3) is 0.130. The Kier molecular flexibility index (Phi) is 5.14. The molecule has 0 atom stereocenters. The number of hydrogen-bond donors (Lipinski definition) is 1. The summed E-state index contributed by atoms with van der Waals surface area (Å²) in [5.41, 5.74) is 2.56. The van der Waals surface area contributed by atoms with E-state index in [9.17, 15) is 18.0 Å². The number of pyridine rings is 1. The smallest absolute Gasteiger partial charge is 0.416 e. The lowest BCUT2D eigenvalue weighted by molar-refractivity contribution is -0.137. The Balaban J connectivity index is 1.47. The van der Waals surface area contributed by atoms with E-state index in [0.29, 0.717) is 28.5 Å². The molecule has 4 aromatic rings. The summed E-state index contributed by atoms with van der Waals surface area (Å²) in [6.07, 6.45) is -2.54. The van der Waals surface area contributed by atoms with Gasteiger partial charge in [-0.2, -0.15) is 13.2 Å². The van der Waals surface area contributed by atoms with E-state index in [1.165, 1.54) is 12.1 Å². The quantitative estimate of drug-likeness (QED) is 0.435. The van der Waals surface area contributed by atoms with Gasteiger partial charge in [0.2, 0.25) is 0 Å². The van der Waals surface area contributed by atoms with E-state index < -0.39 is 11.7 Å². The molecule has 0 spiro atoms. The van der Waals surface area contributed by atoms with Crippen molar-refractivity contribution in [3.05, 3.63) is 89.4 Å². The van der Waals surface area contributed by atoms with Crippen LogP contribution in [-0.4, -0.2) is 15.3 Å². The van der Waals surface area contributed by atoms with Crippen LogP contribution in [0, 0.1) is 13.8 Å². The van der Waals surface area contributed by atoms with Crippen molar-refractivity contribution < 1.29 is 22.7 Å². The Bertz CT molecular complexity index is 1240. The van der Waals surface area contributed by atoms with Gasteiger partial charge in [0, 0.05) is 11.9 Å². The molecule has 0 bridgehead atoms. The van der Waals surface area contributed by atoms with E-state index in [1.807, 2.05) is 25.3 Å². The molecular weight excluding hydrogens is 407 g/mol. The van der Waals surface area contributed by atoms with Gasteiger partial charge in [-0.25, -0.2) is 4.98 Å². The highest BCUT2D eigenvalue weighted by atomic mass is 19.4. The van der Waals surface area contributed by atoms with E-state index >= 15 is 0 Å². The molecule has 2 aromatic carbocycles. The van der Waals surface area contributed by atoms with Crippen molar-refractivity contribution in [1.82, 2.24) is 9.38 Å². The number of amides is 1. The van der Waals surface area contributed by atoms with Gasteiger partial charge < -0.3 is 10.1 Å². The minimum Gasteiger partial charge on any atom is -0.457 e. The third-order valence-electron chi connectivity index (χ3n) is 4.69. The number of aryl methyl sites for hydroxylation is 2. The minimum absolute atomic E-state index is 0.279. The number of rotatable bonds is 4. The number of carbonyl (C=O) groups excluding carboxylic acids is 1. The Hall–Kier alpha value is -3.81. The summed E-state index contributed by atoms with van der Waals surface area (Å²) >= 11 is 0. The number of fused-ring (bicyclic) bond motifs is 1. The van der Waals surface area contributed by atoms with Gasteiger partial charge in [0.1, 0.15) is 22.8 Å². The average Bonchev–Trinajstić information content (AvgIpc) is 3.04. The van der Waals surface area contributed by atoms with Gasteiger partial charge in [-0.05, 0) is 74.0 Å². The van der Waals surface area contributed by atoms with Crippen molar-refractivity contribution in [3.8, 4) is 11.5 Å². The number of ether oxygens (including phenoxy) is 1. The Morgan fingerprint density at radius 2 is 1.55 bits per heavy atom. The van der Waals surface area contributed by atoms with E-state index in [-0.39, 0.29) is 11.7 Å². The predicted molar refractivity (Wildman–Crippen MR) is 111 cm³/mol. The molecule has 0 aliphatic heterocycles. The van der Waals surface area contributed by atoms with Gasteiger partial charge in [0.15, 0.2) is 0 Å². The summed E-state index contributed by atoms with van der Waals surface area (Å²) < 4.78 is 45.3. The lowest BCUT2D eigenvalue weighted by atomic mass is 10.2. The molecular formula is C23H18F3N3O2. The molecule has 0 aliphatic carbocycles. The monoisotopic (exact) mass is 425 g/mol. The van der Waals surface area contributed by atoms with Crippen molar-refractivity contribution in [1.29, 1.82) is 0 Å². The normalized spacial score (nSPS) is 11.5. The number of nitrogens with zero attached hydrogens (tertiary/aromatic N) is 2. The van der Waals surface area contributed by atoms with Crippen LogP contribution < -0.4 is 10.1 Å². The van der Waals surface area contributed by atoms with Crippen LogP contribution in [0.1, 0.15) is 27.3 Å². The first-order chi connectivity index (χ1) is 14.7. The Labute approximate surface area is 176 Å². The van der Waals surface area contributed by atoms with Crippen LogP contribution in [-0.2, 0) is 6.18 Å². The lowest BCUT2D eigenvalue weighted by Gasteiger charge is -2.10. The van der Waals surface area contributed by atoms with Crippen LogP contribution in [0.4, 0.5) is 18.9 Å². The number of nitrogens with one attached hydrogen (secondary N) is 1. The number of anilines is 1. The van der Waals surface area contributed by atoms with E-state index in [1.54, 1.807) is 35.6 Å². The van der Waals surface area contributed by atoms with Crippen molar-refractivity contribution in [3.63, 3.8) is 0 Å². The standard InChI is InChI=1S/C23H18F3N3O2/c1-14-3-12-20-27-15(2)21(29(20)13-14)22(30)28-17-6-10-19(11-7-17)31-18-8-4-16(5-9-18)23(24,25)26/h3-13H,1-2H3,(H,28,30). The first-order valence-electron chi connectivity index (χ1n) is 9.42. The van der Waals surface area contributed by atoms with Crippen LogP contribution in [0.5, 0.6) is 11.5 Å². The molecule has 0 radical (unpaired) electrons. The highest BCUT2D eigenvalue weighted by Crippen LogP contribution is 2.31. The van der Waals surface area contributed by atoms with Gasteiger partial charge in [0.25, 0.3) is 5.91 Å². The number of hydrogen-bond acceptors (Lipinski definition) is 3. The topological polar surface area (TPSA) is 55.6 Å². The maximum absolute atomic E-state index is 12.8. The molecule has 0 aliphatic rings. The highest BCUT2D eigenvalue weighted by Gasteiger charge is 2.30. The zero-order chi connectivity index (χ0) is 22.2. The lowest BCUT2D eigenvalue weighted by Crippen LogP contribution is -2.15. The number of carbonyl (C=O) groups is 1. The molecule has 1 amide bonds. The second kappa shape index (κ2) is 7.79. The Morgan fingerprint density at radius 3 is 2.16 bits per heavy atom. The molecule has 0 fully saturated rings. The van der Waals surface area contributed by atoms with Gasteiger partial charge in [-0.1, -0.05) is 6.07 Å². The Morgan fingerprint density at radius 1 is 0.935 bits per heavy atom. The maximum atomic E-state index is 12.8. The molecule has 8 heteroatoms. The molecule has 0 saturated carbocycles. The molecule has 158 valence electrons. The van der Waals surface area contributed by atoms with Crippen molar-refractivity contribution in [2.45, 2.75) is 20.0 Å². The third kappa shape index (κ3) is 4.37. The van der Waals surface area contributed by atoms with Crippen molar-refractivity contribution in [2.75, 3.05) is 5.32 Å². The zero-order valence-corrected chi connectivity index (χ0v) is 16.7. The highest BCUT2D eigenvalue weighted by molar-refractivity contribution is 6.04. The zero-order valence-electron chi connectivity index (χ0n) is 16.7. The summed E-state index contributed by atoms with van der Waals surface area (Å²) in [6.45, 7) is 3.71. The molecule has 1 N–H and O–H groups in total. The fourth-order valence-corrected chi connectivity index (χ4v) is 3.19. The van der Waals surface area contributed by atoms with Crippen LogP contribution in [0.15, 0.2) is 66.9 Å². The van der Waals surface area contributed by atoms with Crippen molar-refractivity contribution in [2.24, 2.45) is 0 Å². The van der Waals surface area contributed by atoms with E-state index in [4.69, 9.17) is 4.74 Å². The van der Waals surface area contributed by atoms with Gasteiger partial charge in [-0.15, -0.1) is 0 Å². The van der Waals surface area contributed by atoms with Gasteiger partial charge in [-0.3, -0.25) is 9.20 Å². The molecule has 2 heterocycles. The van der Waals surface area contributed by atoms with Crippen LogP contribution in [0.3, 0.4) is 0 Å². The summed E-state index contributed by atoms with van der Waals surface area (Å²) in [5, 5.41) is 2.83. The first-order valence-corrected chi connectivity index (χ1v) is 9.42. The number of halogens is 3. The number of benzene rings is 2. The second-order valence-electron chi connectivity index (χ2n) is 7.08. The molecule has 31 heavy (non-hydrogen) atoms. The molecule has 4 rings (SSSR count). The largest absolute Gasteiger partial charge is 0.457 e. The van der Waals surface area contributed by atoms with Crippen LogP contribution in [0.2, 0.25) is 0 Å². The second-order valence-corrected chi connectivity index (χ2v) is 7.08. The number of alkyl halides is 3. The summed E-state index contributed by atoms with van der Waals surface area (Å²) in [4.78, 5) is 17.2. The molecule has 2 aromatic heterocycles. The molecule has 0 unspecified atom stereocenters. The number of imidazole rings is 1. The number of aromatic nitrogens is 2.